The number of H-pyrrole nitrogens is 1. The van der Waals surface area contributed by atoms with E-state index < -0.39 is 0 Å². The molecule has 11 nitrogen and oxygen atoms in total. The summed E-state index contributed by atoms with van der Waals surface area (Å²) in [6, 6.07) is 8.66. The molecule has 4 aromatic rings. The van der Waals surface area contributed by atoms with Gasteiger partial charge in [0.1, 0.15) is 30.6 Å². The Morgan fingerprint density at radius 3 is 2.76 bits per heavy atom. The largest absolute Gasteiger partial charge is 0.492 e. The zero-order valence-electron chi connectivity index (χ0n) is 28.6. The number of benzene rings is 1. The Bertz CT molecular complexity index is 1990. The molecule has 0 bridgehead atoms. The first-order valence-corrected chi connectivity index (χ1v) is 17.1. The van der Waals surface area contributed by atoms with Crippen molar-refractivity contribution in [3.63, 3.8) is 0 Å². The Morgan fingerprint density at radius 2 is 1.92 bits per heavy atom. The fourth-order valence-electron chi connectivity index (χ4n) is 6.54. The number of halogens is 1. The summed E-state index contributed by atoms with van der Waals surface area (Å²) in [5.74, 6) is 1.10. The third-order valence-electron chi connectivity index (χ3n) is 9.15. The minimum atomic E-state index is -0.373. The lowest BCUT2D eigenvalue weighted by Crippen LogP contribution is -2.30. The van der Waals surface area contributed by atoms with Crippen LogP contribution in [0.25, 0.3) is 16.8 Å². The minimum Gasteiger partial charge on any atom is -0.492 e. The van der Waals surface area contributed by atoms with Crippen molar-refractivity contribution in [1.82, 2.24) is 30.2 Å². The van der Waals surface area contributed by atoms with E-state index in [0.29, 0.717) is 66.3 Å². The second-order valence-corrected chi connectivity index (χ2v) is 13.4. The molecule has 1 amide bonds. The van der Waals surface area contributed by atoms with Gasteiger partial charge in [0.05, 0.1) is 35.2 Å². The fraction of sp³-hybridized carbons (Fsp3) is 0.342. The van der Waals surface area contributed by atoms with E-state index in [4.69, 9.17) is 19.7 Å². The summed E-state index contributed by atoms with van der Waals surface area (Å²) < 4.78 is 20.8. The number of anilines is 2. The molecule has 0 radical (unpaired) electrons. The van der Waals surface area contributed by atoms with Gasteiger partial charge in [-0.25, -0.2) is 9.37 Å². The molecule has 7 rings (SSSR count). The number of piperidine rings is 1. The quantitative estimate of drug-likeness (QED) is 0.175. The van der Waals surface area contributed by atoms with Gasteiger partial charge in [-0.3, -0.25) is 19.8 Å². The summed E-state index contributed by atoms with van der Waals surface area (Å²) >= 11 is 0. The molecule has 0 unspecified atom stereocenters. The van der Waals surface area contributed by atoms with Crippen molar-refractivity contribution < 1.29 is 13.9 Å². The molecular weight excluding hydrogens is 633 g/mol. The van der Waals surface area contributed by atoms with Crippen LogP contribution in [0.3, 0.4) is 0 Å². The first-order valence-electron chi connectivity index (χ1n) is 17.1. The number of imidazole rings is 1. The standard InChI is InChI=1S/C38H42FN9O2/c1-23-4-5-30(25-14-27(39)17-29(16-25)50-11-10-48(2)3)36-33(12-23)46-38(47-36)37-31-18-32(42-21-34(31)43-22-44-37)26-15-28(20-41-19-26)45-35(49)13-24-6-8-40-9-7-24/h4-5,14-21,24,40,43H,6-13,22H2,1-3H3,(H,45,49)(H,46,47). The number of fused-ring (bicyclic) bond motifs is 2. The number of aromatic nitrogens is 4. The predicted octanol–water partition coefficient (Wildman–Crippen LogP) is 5.43. The zero-order chi connectivity index (χ0) is 34.6. The number of rotatable bonds is 10. The Kier molecular flexibility index (Phi) is 9.81. The summed E-state index contributed by atoms with van der Waals surface area (Å²) in [6.07, 6.45) is 12.4. The maximum absolute atomic E-state index is 14.9. The van der Waals surface area contributed by atoms with E-state index in [0.717, 1.165) is 71.8 Å². The monoisotopic (exact) mass is 675 g/mol. The zero-order valence-corrected chi connectivity index (χ0v) is 28.6. The van der Waals surface area contributed by atoms with Gasteiger partial charge in [-0.1, -0.05) is 17.7 Å². The highest BCUT2D eigenvalue weighted by atomic mass is 19.1. The average Bonchev–Trinajstić information content (AvgIpc) is 3.43. The van der Waals surface area contributed by atoms with Crippen LogP contribution in [0.5, 0.6) is 5.75 Å². The Balaban J connectivity index is 1.16. The Hall–Kier alpha value is -5.20. The molecule has 12 heteroatoms. The number of hydrogen-bond acceptors (Lipinski definition) is 9. The van der Waals surface area contributed by atoms with Gasteiger partial charge in [0.15, 0.2) is 5.82 Å². The summed E-state index contributed by atoms with van der Waals surface area (Å²) in [4.78, 5) is 37.4. The van der Waals surface area contributed by atoms with Crippen molar-refractivity contribution in [3.05, 3.63) is 101 Å². The van der Waals surface area contributed by atoms with Crippen LogP contribution in [0.15, 0.2) is 71.6 Å². The van der Waals surface area contributed by atoms with Crippen molar-refractivity contribution in [2.45, 2.75) is 32.6 Å². The topological polar surface area (TPSA) is 132 Å². The van der Waals surface area contributed by atoms with Gasteiger partial charge >= 0.3 is 0 Å². The fourth-order valence-corrected chi connectivity index (χ4v) is 6.54. The van der Waals surface area contributed by atoms with Crippen molar-refractivity contribution in [3.8, 4) is 17.0 Å². The van der Waals surface area contributed by atoms with Crippen molar-refractivity contribution >= 4 is 28.6 Å². The van der Waals surface area contributed by atoms with Gasteiger partial charge in [-0.15, -0.1) is 0 Å². The molecule has 0 spiro atoms. The lowest BCUT2D eigenvalue weighted by atomic mass is 9.94. The maximum atomic E-state index is 14.9. The van der Waals surface area contributed by atoms with Crippen molar-refractivity contribution in [2.75, 3.05) is 57.6 Å². The van der Waals surface area contributed by atoms with Crippen molar-refractivity contribution in [1.29, 1.82) is 0 Å². The third-order valence-corrected chi connectivity index (χ3v) is 9.15. The number of pyridine rings is 2. The van der Waals surface area contributed by atoms with Crippen molar-refractivity contribution in [2.24, 2.45) is 10.9 Å². The Morgan fingerprint density at radius 1 is 1.06 bits per heavy atom. The average molecular weight is 676 g/mol. The molecule has 1 aromatic carbocycles. The molecular formula is C38H42FN9O2. The number of aliphatic imine (C=N–C) groups is 1. The van der Waals surface area contributed by atoms with Gasteiger partial charge in [-0.2, -0.15) is 0 Å². The number of ether oxygens (including phenoxy) is 1. The summed E-state index contributed by atoms with van der Waals surface area (Å²) in [6.45, 7) is 5.51. The molecule has 1 fully saturated rings. The lowest BCUT2D eigenvalue weighted by Gasteiger charge is -2.22. The number of amides is 1. The van der Waals surface area contributed by atoms with Crippen LogP contribution >= 0.6 is 0 Å². The first kappa shape index (κ1) is 33.3. The first-order chi connectivity index (χ1) is 24.3. The third kappa shape index (κ3) is 7.66. The predicted molar refractivity (Wildman–Crippen MR) is 194 cm³/mol. The number of likely N-dealkylation sites (N-methyl/N-ethyl adjacent to an activating group) is 1. The summed E-state index contributed by atoms with van der Waals surface area (Å²) in [5.41, 5.74) is 8.76. The number of aromatic amines is 1. The highest BCUT2D eigenvalue weighted by Gasteiger charge is 2.25. The van der Waals surface area contributed by atoms with Gasteiger partial charge in [0.25, 0.3) is 0 Å². The van der Waals surface area contributed by atoms with E-state index >= 15 is 0 Å². The molecule has 50 heavy (non-hydrogen) atoms. The number of allylic oxidation sites excluding steroid dienone is 3. The normalized spacial score (nSPS) is 16.0. The smallest absolute Gasteiger partial charge is 0.224 e. The summed E-state index contributed by atoms with van der Waals surface area (Å²) in [5, 5.41) is 9.69. The summed E-state index contributed by atoms with van der Waals surface area (Å²) in [7, 11) is 3.94. The van der Waals surface area contributed by atoms with Crippen LogP contribution in [0.1, 0.15) is 54.5 Å². The van der Waals surface area contributed by atoms with E-state index in [2.05, 4.69) is 38.9 Å². The molecule has 4 N–H and O–H groups in total. The second kappa shape index (κ2) is 14.7. The van der Waals surface area contributed by atoms with Gasteiger partial charge < -0.3 is 30.6 Å². The lowest BCUT2D eigenvalue weighted by molar-refractivity contribution is -0.117. The molecule has 3 aliphatic rings. The van der Waals surface area contributed by atoms with Crippen LogP contribution in [0.4, 0.5) is 15.8 Å². The number of carbonyl (C=O) groups is 1. The van der Waals surface area contributed by atoms with Crippen LogP contribution in [-0.2, 0) is 11.2 Å². The highest BCUT2D eigenvalue weighted by Crippen LogP contribution is 2.34. The number of carbonyl (C=O) groups excluding carboxylic acids is 1. The Labute approximate surface area is 291 Å². The minimum absolute atomic E-state index is 0.00438. The number of nitrogens with one attached hydrogen (secondary N) is 4. The van der Waals surface area contributed by atoms with E-state index in [1.165, 1.54) is 12.1 Å². The van der Waals surface area contributed by atoms with Gasteiger partial charge in [-0.05, 0) is 82.7 Å². The molecule has 0 saturated carbocycles. The van der Waals surface area contributed by atoms with Crippen LogP contribution in [-0.4, -0.2) is 83.5 Å². The van der Waals surface area contributed by atoms with Crippen LogP contribution in [0.2, 0.25) is 0 Å². The molecule has 5 heterocycles. The van der Waals surface area contributed by atoms with E-state index in [1.54, 1.807) is 18.6 Å². The molecule has 1 saturated heterocycles. The molecule has 2 aliphatic heterocycles. The highest BCUT2D eigenvalue weighted by molar-refractivity contribution is 6.15. The van der Waals surface area contributed by atoms with Gasteiger partial charge in [0, 0.05) is 54.0 Å². The molecule has 3 aromatic heterocycles. The van der Waals surface area contributed by atoms with E-state index in [1.807, 2.05) is 43.3 Å². The van der Waals surface area contributed by atoms with Crippen LogP contribution < -0.4 is 20.7 Å². The van der Waals surface area contributed by atoms with E-state index in [-0.39, 0.29) is 11.7 Å². The number of nitrogens with zero attached hydrogens (tertiary/aromatic N) is 5. The SMILES string of the molecule is CC1=CC=C(c2cc(F)cc(OCCN(C)C)c2)c2nc(C3=NCNc4cnc(-c5cncc(NC(=O)CC6CCNCC6)c5)cc43)[nH]c2C1. The number of hydrogen-bond donors (Lipinski definition) is 4. The van der Waals surface area contributed by atoms with Crippen LogP contribution in [0, 0.1) is 11.7 Å². The molecule has 258 valence electrons. The molecule has 1 aliphatic carbocycles. The maximum Gasteiger partial charge on any atom is 0.224 e. The van der Waals surface area contributed by atoms with E-state index in [9.17, 15) is 9.18 Å². The second-order valence-electron chi connectivity index (χ2n) is 13.4. The molecule has 0 atom stereocenters. The van der Waals surface area contributed by atoms with Gasteiger partial charge in [0.2, 0.25) is 5.91 Å².